The smallest absolute Gasteiger partial charge is 0.459 e. The van der Waals surface area contributed by atoms with Crippen LogP contribution in [0.5, 0.6) is 5.75 Å². The maximum Gasteiger partial charge on any atom is 0.459 e. The minimum absolute atomic E-state index is 0.177. The largest absolute Gasteiger partial charge is 0.468 e. The number of hydrogen-bond donors (Lipinski definition) is 2. The second kappa shape index (κ2) is 10.3. The molecule has 1 aliphatic rings. The number of halogens is 1. The molecule has 174 valence electrons. The van der Waals surface area contributed by atoms with Crippen LogP contribution in [0.1, 0.15) is 13.2 Å². The molecular formula is C19H23FN3O8P. The zero-order valence-electron chi connectivity index (χ0n) is 17.2. The zero-order chi connectivity index (χ0) is 23.3. The monoisotopic (exact) mass is 471 g/mol. The Balaban J connectivity index is 1.74. The Morgan fingerprint density at radius 3 is 2.75 bits per heavy atom. The maximum atomic E-state index is 14.6. The van der Waals surface area contributed by atoms with Crippen LogP contribution in [0.15, 0.2) is 53.6 Å². The van der Waals surface area contributed by atoms with Gasteiger partial charge in [0.25, 0.3) is 0 Å². The van der Waals surface area contributed by atoms with Crippen LogP contribution in [0.2, 0.25) is 0 Å². The summed E-state index contributed by atoms with van der Waals surface area (Å²) in [7, 11) is -3.05. The third-order valence-electron chi connectivity index (χ3n) is 4.59. The number of rotatable bonds is 9. The Hall–Kier alpha value is -2.63. The second-order valence-electron chi connectivity index (χ2n) is 6.88. The van der Waals surface area contributed by atoms with E-state index in [0.717, 1.165) is 11.7 Å². The molecule has 13 heteroatoms. The van der Waals surface area contributed by atoms with Crippen molar-refractivity contribution < 1.29 is 37.4 Å². The summed E-state index contributed by atoms with van der Waals surface area (Å²) in [5.41, 5.74) is -0.763. The van der Waals surface area contributed by atoms with Crippen molar-refractivity contribution >= 4 is 13.7 Å². The van der Waals surface area contributed by atoms with Crippen molar-refractivity contribution in [3.05, 3.63) is 59.3 Å². The zero-order valence-corrected chi connectivity index (χ0v) is 18.1. The Morgan fingerprint density at radius 2 is 2.09 bits per heavy atom. The summed E-state index contributed by atoms with van der Waals surface area (Å²) in [6.45, 7) is 0.817. The van der Waals surface area contributed by atoms with Gasteiger partial charge in [-0.05, 0) is 25.1 Å². The molecule has 0 radical (unpaired) electrons. The van der Waals surface area contributed by atoms with E-state index >= 15 is 0 Å². The number of para-hydroxylation sites is 1. The maximum absolute atomic E-state index is 14.6. The van der Waals surface area contributed by atoms with Crippen molar-refractivity contribution in [2.45, 2.75) is 37.6 Å². The van der Waals surface area contributed by atoms with Gasteiger partial charge in [-0.1, -0.05) is 18.2 Å². The van der Waals surface area contributed by atoms with E-state index < -0.39 is 56.7 Å². The highest BCUT2D eigenvalue weighted by molar-refractivity contribution is 7.52. The topological polar surface area (TPSA) is 138 Å². The first-order valence-electron chi connectivity index (χ1n) is 9.59. The molecule has 0 bridgehead atoms. The molecule has 3 rings (SSSR count). The van der Waals surface area contributed by atoms with Crippen molar-refractivity contribution in [1.29, 1.82) is 0 Å². The van der Waals surface area contributed by atoms with Gasteiger partial charge in [-0.3, -0.25) is 13.9 Å². The van der Waals surface area contributed by atoms with Crippen molar-refractivity contribution in [3.8, 4) is 5.75 Å². The van der Waals surface area contributed by atoms with Crippen LogP contribution >= 0.6 is 7.75 Å². The molecule has 0 amide bonds. The van der Waals surface area contributed by atoms with E-state index in [4.69, 9.17) is 13.8 Å². The van der Waals surface area contributed by atoms with Gasteiger partial charge >= 0.3 is 19.4 Å². The lowest BCUT2D eigenvalue weighted by molar-refractivity contribution is -0.142. The summed E-state index contributed by atoms with van der Waals surface area (Å²) in [6, 6.07) is 8.36. The van der Waals surface area contributed by atoms with Crippen molar-refractivity contribution in [2.24, 2.45) is 0 Å². The lowest BCUT2D eigenvalue weighted by atomic mass is 10.1. The summed E-state index contributed by atoms with van der Waals surface area (Å²) in [4.78, 5) is 27.2. The van der Waals surface area contributed by atoms with Crippen molar-refractivity contribution in [2.75, 3.05) is 13.7 Å². The fraction of sp³-hybridized carbons (Fsp3) is 0.421. The number of methoxy groups -OCH3 is 1. The summed E-state index contributed by atoms with van der Waals surface area (Å²) in [5.74, 6) is -0.543. The summed E-state index contributed by atoms with van der Waals surface area (Å²) in [6.07, 6.45) is -3.88. The average Bonchev–Trinajstić information content (AvgIpc) is 3.06. The Bertz CT molecular complexity index is 1020. The number of aliphatic hydroxyl groups excluding tert-OH is 1. The Kier molecular flexibility index (Phi) is 7.75. The molecule has 2 heterocycles. The molecule has 1 saturated heterocycles. The van der Waals surface area contributed by atoms with Gasteiger partial charge in [-0.2, -0.15) is 5.09 Å². The lowest BCUT2D eigenvalue weighted by Gasteiger charge is -2.24. The van der Waals surface area contributed by atoms with Crippen molar-refractivity contribution in [1.82, 2.24) is 14.6 Å². The predicted octanol–water partition coefficient (Wildman–Crippen LogP) is 1.19. The van der Waals surface area contributed by atoms with Gasteiger partial charge in [0.05, 0.1) is 13.7 Å². The van der Waals surface area contributed by atoms with E-state index in [9.17, 15) is 23.7 Å². The van der Waals surface area contributed by atoms with E-state index in [1.54, 1.807) is 18.2 Å². The first-order valence-corrected chi connectivity index (χ1v) is 11.1. The fourth-order valence-corrected chi connectivity index (χ4v) is 4.48. The number of carbonyl (C=O) groups is 1. The quantitative estimate of drug-likeness (QED) is 0.405. The highest BCUT2D eigenvalue weighted by Gasteiger charge is 2.47. The third kappa shape index (κ3) is 5.59. The van der Waals surface area contributed by atoms with Gasteiger partial charge < -0.3 is 19.1 Å². The normalized spacial score (nSPS) is 25.6. The first kappa shape index (κ1) is 24.0. The molecule has 0 saturated carbocycles. The average molecular weight is 471 g/mol. The van der Waals surface area contributed by atoms with E-state index in [1.807, 2.05) is 0 Å². The van der Waals surface area contributed by atoms with Crippen LogP contribution in [-0.2, 0) is 23.4 Å². The number of carbonyl (C=O) groups excluding carboxylic acids is 1. The fourth-order valence-electron chi connectivity index (χ4n) is 2.98. The Labute approximate surface area is 182 Å². The van der Waals surface area contributed by atoms with Gasteiger partial charge in [0.15, 0.2) is 12.4 Å². The van der Waals surface area contributed by atoms with Crippen LogP contribution in [-0.4, -0.2) is 58.8 Å². The van der Waals surface area contributed by atoms with Crippen molar-refractivity contribution in [3.63, 3.8) is 0 Å². The number of hydrogen-bond acceptors (Lipinski definition) is 9. The summed E-state index contributed by atoms with van der Waals surface area (Å²) in [5, 5.41) is 12.7. The van der Waals surface area contributed by atoms with Gasteiger partial charge in [0.2, 0.25) is 0 Å². The number of aromatic nitrogens is 2. The number of alkyl halides is 1. The predicted molar refractivity (Wildman–Crippen MR) is 109 cm³/mol. The summed E-state index contributed by atoms with van der Waals surface area (Å²) >= 11 is 0. The van der Waals surface area contributed by atoms with Gasteiger partial charge in [-0.25, -0.2) is 18.7 Å². The number of esters is 1. The van der Waals surface area contributed by atoms with E-state index in [1.165, 1.54) is 37.5 Å². The standard InChI is InChI=1S/C19H23FN3O8P/c1-12(18(25)28-2)22-32(27,31-13-7-4-3-5-8-13)29-11-14-16(24)15(20)17(30-14)23-10-6-9-21-19(23)26/h3-10,12,14-17,24H,11H2,1-2H3,(H,22,27)/t12-,14+,15-,16+,17+,32?/m0/s1. The molecule has 6 atom stereocenters. The van der Waals surface area contributed by atoms with E-state index in [-0.39, 0.29) is 5.75 Å². The molecule has 32 heavy (non-hydrogen) atoms. The van der Waals surface area contributed by atoms with Crippen LogP contribution in [0.25, 0.3) is 0 Å². The van der Waals surface area contributed by atoms with Crippen LogP contribution in [0.3, 0.4) is 0 Å². The molecule has 2 N–H and O–H groups in total. The Morgan fingerprint density at radius 1 is 1.38 bits per heavy atom. The molecule has 1 aliphatic heterocycles. The molecule has 1 fully saturated rings. The highest BCUT2D eigenvalue weighted by atomic mass is 31.2. The molecule has 2 aromatic rings. The van der Waals surface area contributed by atoms with E-state index in [0.29, 0.717) is 0 Å². The molecule has 0 spiro atoms. The van der Waals surface area contributed by atoms with Crippen LogP contribution in [0.4, 0.5) is 4.39 Å². The van der Waals surface area contributed by atoms with Gasteiger partial charge in [0.1, 0.15) is 24.0 Å². The molecule has 1 aromatic carbocycles. The first-order chi connectivity index (χ1) is 15.2. The van der Waals surface area contributed by atoms with Gasteiger partial charge in [0, 0.05) is 12.4 Å². The number of nitrogens with one attached hydrogen (secondary N) is 1. The van der Waals surface area contributed by atoms with Gasteiger partial charge in [-0.15, -0.1) is 0 Å². The third-order valence-corrected chi connectivity index (χ3v) is 6.23. The van der Waals surface area contributed by atoms with E-state index in [2.05, 4.69) is 14.8 Å². The number of ether oxygens (including phenoxy) is 2. The highest BCUT2D eigenvalue weighted by Crippen LogP contribution is 2.46. The number of nitrogens with zero attached hydrogens (tertiary/aromatic N) is 2. The van der Waals surface area contributed by atoms with Crippen LogP contribution < -0.4 is 15.3 Å². The molecule has 1 aromatic heterocycles. The lowest BCUT2D eigenvalue weighted by Crippen LogP contribution is -2.36. The molecule has 11 nitrogen and oxygen atoms in total. The minimum atomic E-state index is -4.21. The number of benzene rings is 1. The second-order valence-corrected chi connectivity index (χ2v) is 8.58. The molecular weight excluding hydrogens is 448 g/mol. The van der Waals surface area contributed by atoms with Crippen LogP contribution in [0, 0.1) is 0 Å². The minimum Gasteiger partial charge on any atom is -0.468 e. The molecule has 1 unspecified atom stereocenters. The SMILES string of the molecule is COC(=O)[C@H](C)NP(=O)(OC[C@H]1O[C@@H](n2cccnc2=O)[C@@H](F)[C@@H]1O)Oc1ccccc1. The molecule has 0 aliphatic carbocycles. The number of aliphatic hydroxyl groups is 1. The summed E-state index contributed by atoms with van der Waals surface area (Å²) < 4.78 is 49.7.